The van der Waals surface area contributed by atoms with Crippen molar-refractivity contribution in [1.82, 2.24) is 30.0 Å². The van der Waals surface area contributed by atoms with Gasteiger partial charge in [-0.05, 0) is 50.8 Å². The van der Waals surface area contributed by atoms with Crippen molar-refractivity contribution in [3.63, 3.8) is 0 Å². The molecule has 0 bridgehead atoms. The molecule has 2 aromatic heterocycles. The fraction of sp³-hybridized carbons (Fsp3) is 0.478. The van der Waals surface area contributed by atoms with E-state index < -0.39 is 0 Å². The minimum absolute atomic E-state index is 0.0419. The fourth-order valence-electron chi connectivity index (χ4n) is 4.77. The van der Waals surface area contributed by atoms with E-state index in [0.717, 1.165) is 56.9 Å². The molecule has 162 valence electrons. The van der Waals surface area contributed by atoms with Gasteiger partial charge in [0.1, 0.15) is 5.76 Å². The average Bonchev–Trinajstić information content (AvgIpc) is 3.51. The van der Waals surface area contributed by atoms with E-state index >= 15 is 0 Å². The molecule has 8 heteroatoms. The van der Waals surface area contributed by atoms with Gasteiger partial charge in [-0.15, -0.1) is 5.10 Å². The third-order valence-corrected chi connectivity index (χ3v) is 6.61. The first-order valence-electron chi connectivity index (χ1n) is 11.0. The maximum absolute atomic E-state index is 13.0. The van der Waals surface area contributed by atoms with Gasteiger partial charge in [0.2, 0.25) is 0 Å². The van der Waals surface area contributed by atoms with Gasteiger partial charge in [-0.3, -0.25) is 14.4 Å². The molecule has 0 saturated carbocycles. The Kier molecular flexibility index (Phi) is 5.31. The summed E-state index contributed by atoms with van der Waals surface area (Å²) >= 11 is 0. The number of rotatable bonds is 5. The largest absolute Gasteiger partial charge is 0.361 e. The van der Waals surface area contributed by atoms with Gasteiger partial charge < -0.3 is 9.42 Å². The number of fused-ring (bicyclic) bond motifs is 1. The standard InChI is InChI=1S/C23H28N6O2/c1-16-21(17(2)31-25-16)14-27-10-5-8-20(27)13-29-15-22(24-26-29)23(30)28-11-9-18-6-3-4-7-19(18)12-28/h3-4,6-7,15,20H,5,8-14H2,1-2H3. The van der Waals surface area contributed by atoms with Crippen molar-refractivity contribution in [3.05, 3.63) is 64.3 Å². The summed E-state index contributed by atoms with van der Waals surface area (Å²) in [7, 11) is 0. The Hall–Kier alpha value is -3.00. The lowest BCUT2D eigenvalue weighted by Crippen LogP contribution is -2.36. The maximum Gasteiger partial charge on any atom is 0.276 e. The van der Waals surface area contributed by atoms with Gasteiger partial charge in [0.15, 0.2) is 5.69 Å². The summed E-state index contributed by atoms with van der Waals surface area (Å²) in [5.41, 5.74) is 5.10. The second-order valence-corrected chi connectivity index (χ2v) is 8.64. The van der Waals surface area contributed by atoms with Gasteiger partial charge in [-0.2, -0.15) is 0 Å². The van der Waals surface area contributed by atoms with Crippen LogP contribution in [0.3, 0.4) is 0 Å². The number of aromatic nitrogens is 4. The van der Waals surface area contributed by atoms with Crippen LogP contribution in [0.1, 0.15) is 51.5 Å². The monoisotopic (exact) mass is 420 g/mol. The Bertz CT molecular complexity index is 1070. The number of benzene rings is 1. The minimum atomic E-state index is -0.0419. The predicted octanol–water partition coefficient (Wildman–Crippen LogP) is 2.75. The number of carbonyl (C=O) groups is 1. The molecule has 0 radical (unpaired) electrons. The van der Waals surface area contributed by atoms with E-state index in [2.05, 4.69) is 38.6 Å². The number of likely N-dealkylation sites (tertiary alicyclic amines) is 1. The van der Waals surface area contributed by atoms with E-state index in [9.17, 15) is 4.79 Å². The Morgan fingerprint density at radius 1 is 1.19 bits per heavy atom. The number of hydrogen-bond acceptors (Lipinski definition) is 6. The fourth-order valence-corrected chi connectivity index (χ4v) is 4.77. The quantitative estimate of drug-likeness (QED) is 0.631. The predicted molar refractivity (Wildman–Crippen MR) is 114 cm³/mol. The summed E-state index contributed by atoms with van der Waals surface area (Å²) < 4.78 is 7.14. The Morgan fingerprint density at radius 2 is 2.03 bits per heavy atom. The van der Waals surface area contributed by atoms with Crippen molar-refractivity contribution >= 4 is 5.91 Å². The molecular weight excluding hydrogens is 392 g/mol. The van der Waals surface area contributed by atoms with Gasteiger partial charge in [0.05, 0.1) is 18.4 Å². The zero-order chi connectivity index (χ0) is 21.4. The third kappa shape index (κ3) is 3.99. The molecule has 1 unspecified atom stereocenters. The highest BCUT2D eigenvalue weighted by Crippen LogP contribution is 2.24. The zero-order valence-corrected chi connectivity index (χ0v) is 18.1. The number of aryl methyl sites for hydroxylation is 2. The third-order valence-electron chi connectivity index (χ3n) is 6.61. The molecule has 4 heterocycles. The molecule has 0 N–H and O–H groups in total. The van der Waals surface area contributed by atoms with Crippen molar-refractivity contribution in [1.29, 1.82) is 0 Å². The van der Waals surface area contributed by atoms with Crippen molar-refractivity contribution in [2.45, 2.75) is 58.8 Å². The van der Waals surface area contributed by atoms with Gasteiger partial charge in [-0.1, -0.05) is 34.6 Å². The highest BCUT2D eigenvalue weighted by molar-refractivity contribution is 5.92. The number of hydrogen-bond donors (Lipinski definition) is 0. The van der Waals surface area contributed by atoms with Crippen LogP contribution in [0, 0.1) is 13.8 Å². The molecule has 1 amide bonds. The molecule has 2 aliphatic rings. The molecule has 2 aliphatic heterocycles. The molecule has 0 spiro atoms. The van der Waals surface area contributed by atoms with E-state index in [1.54, 1.807) is 6.20 Å². The zero-order valence-electron chi connectivity index (χ0n) is 18.1. The van der Waals surface area contributed by atoms with Crippen molar-refractivity contribution in [2.24, 2.45) is 0 Å². The summed E-state index contributed by atoms with van der Waals surface area (Å²) in [6.45, 7) is 7.92. The lowest BCUT2D eigenvalue weighted by Gasteiger charge is -2.28. The SMILES string of the molecule is Cc1noc(C)c1CN1CCCC1Cn1cc(C(=O)N2CCc3ccccc3C2)nn1. The average molecular weight is 421 g/mol. The van der Waals surface area contributed by atoms with Gasteiger partial charge in [-0.25, -0.2) is 0 Å². The maximum atomic E-state index is 13.0. The van der Waals surface area contributed by atoms with Crippen LogP contribution in [0.5, 0.6) is 0 Å². The normalized spacial score (nSPS) is 19.0. The molecule has 3 aromatic rings. The van der Waals surface area contributed by atoms with E-state index in [0.29, 0.717) is 18.3 Å². The first kappa shape index (κ1) is 19.9. The second kappa shape index (κ2) is 8.26. The van der Waals surface area contributed by atoms with Crippen LogP contribution in [0.25, 0.3) is 0 Å². The summed E-state index contributed by atoms with van der Waals surface area (Å²) in [5.74, 6) is 0.847. The van der Waals surface area contributed by atoms with Crippen LogP contribution in [-0.2, 0) is 26.1 Å². The van der Waals surface area contributed by atoms with Crippen molar-refractivity contribution < 1.29 is 9.32 Å². The Balaban J connectivity index is 1.24. The van der Waals surface area contributed by atoms with Crippen molar-refractivity contribution in [3.8, 4) is 0 Å². The van der Waals surface area contributed by atoms with Gasteiger partial charge in [0, 0.05) is 31.2 Å². The summed E-state index contributed by atoms with van der Waals surface area (Å²) in [6.07, 6.45) is 4.95. The van der Waals surface area contributed by atoms with E-state index in [4.69, 9.17) is 4.52 Å². The molecule has 31 heavy (non-hydrogen) atoms. The Labute approximate surface area is 181 Å². The number of nitrogens with zero attached hydrogens (tertiary/aromatic N) is 6. The molecule has 0 aliphatic carbocycles. The number of carbonyl (C=O) groups excluding carboxylic acids is 1. The van der Waals surface area contributed by atoms with Gasteiger partial charge in [0.25, 0.3) is 5.91 Å². The lowest BCUT2D eigenvalue weighted by atomic mass is 10.00. The van der Waals surface area contributed by atoms with E-state index in [-0.39, 0.29) is 5.91 Å². The van der Waals surface area contributed by atoms with Gasteiger partial charge >= 0.3 is 0 Å². The first-order chi connectivity index (χ1) is 15.1. The van der Waals surface area contributed by atoms with E-state index in [1.165, 1.54) is 16.7 Å². The van der Waals surface area contributed by atoms with Crippen LogP contribution < -0.4 is 0 Å². The molecule has 1 saturated heterocycles. The first-order valence-corrected chi connectivity index (χ1v) is 11.0. The molecular formula is C23H28N6O2. The molecule has 1 fully saturated rings. The molecule has 8 nitrogen and oxygen atoms in total. The highest BCUT2D eigenvalue weighted by Gasteiger charge is 2.28. The minimum Gasteiger partial charge on any atom is -0.361 e. The van der Waals surface area contributed by atoms with E-state index in [1.807, 2.05) is 29.5 Å². The smallest absolute Gasteiger partial charge is 0.276 e. The summed E-state index contributed by atoms with van der Waals surface area (Å²) in [5, 5.41) is 12.5. The van der Waals surface area contributed by atoms with Crippen LogP contribution in [-0.4, -0.2) is 55.0 Å². The molecule has 1 aromatic carbocycles. The summed E-state index contributed by atoms with van der Waals surface area (Å²) in [4.78, 5) is 17.3. The van der Waals surface area contributed by atoms with Crippen LogP contribution >= 0.6 is 0 Å². The Morgan fingerprint density at radius 3 is 2.84 bits per heavy atom. The van der Waals surface area contributed by atoms with Crippen LogP contribution in [0.4, 0.5) is 0 Å². The number of amides is 1. The topological polar surface area (TPSA) is 80.3 Å². The second-order valence-electron chi connectivity index (χ2n) is 8.64. The summed E-state index contributed by atoms with van der Waals surface area (Å²) in [6, 6.07) is 8.68. The highest BCUT2D eigenvalue weighted by atomic mass is 16.5. The molecule has 5 rings (SSSR count). The molecule has 1 atom stereocenters. The van der Waals surface area contributed by atoms with Crippen LogP contribution in [0.2, 0.25) is 0 Å². The lowest BCUT2D eigenvalue weighted by molar-refractivity contribution is 0.0728. The van der Waals surface area contributed by atoms with Crippen molar-refractivity contribution in [2.75, 3.05) is 13.1 Å². The van der Waals surface area contributed by atoms with Crippen LogP contribution in [0.15, 0.2) is 35.0 Å².